The summed E-state index contributed by atoms with van der Waals surface area (Å²) in [5, 5.41) is 0. The minimum Gasteiger partial charge on any atom is -0.344 e. The van der Waals surface area contributed by atoms with E-state index in [0.29, 0.717) is 11.3 Å². The molecule has 1 N–H and O–H groups in total. The van der Waals surface area contributed by atoms with Crippen molar-refractivity contribution in [2.45, 2.75) is 19.3 Å². The first-order valence-electron chi connectivity index (χ1n) is 7.62. The zero-order chi connectivity index (χ0) is 18.7. The maximum absolute atomic E-state index is 11.9. The molecule has 1 aromatic heterocycles. The molecule has 0 radical (unpaired) electrons. The fraction of sp³-hybridized carbons (Fsp3) is 0.250. The molecule has 1 aromatic carbocycles. The van der Waals surface area contributed by atoms with Gasteiger partial charge in [0.15, 0.2) is 12.0 Å². The third-order valence-electron chi connectivity index (χ3n) is 3.56. The molecule has 3 rings (SSSR count). The summed E-state index contributed by atoms with van der Waals surface area (Å²) < 4.78 is 30.0. The fourth-order valence-electron chi connectivity index (χ4n) is 2.26. The molecule has 0 spiro atoms. The Balaban J connectivity index is 1.54. The van der Waals surface area contributed by atoms with Crippen molar-refractivity contribution in [2.75, 3.05) is 6.61 Å². The molecule has 0 bridgehead atoms. The van der Waals surface area contributed by atoms with Gasteiger partial charge in [-0.25, -0.2) is 9.32 Å². The van der Waals surface area contributed by atoms with Gasteiger partial charge in [-0.2, -0.15) is 0 Å². The molecule has 0 fully saturated rings. The van der Waals surface area contributed by atoms with Crippen molar-refractivity contribution >= 4 is 24.2 Å². The van der Waals surface area contributed by atoms with E-state index < -0.39 is 31.8 Å². The number of nitrogens with zero attached hydrogens (tertiary/aromatic N) is 1. The largest absolute Gasteiger partial charge is 0.750 e. The molecule has 10 heteroatoms. The highest BCUT2D eigenvalue weighted by Crippen LogP contribution is 2.30. The molecule has 2 heterocycles. The number of aryl methyl sites for hydroxylation is 1. The van der Waals surface area contributed by atoms with E-state index in [1.807, 2.05) is 0 Å². The number of ether oxygens (including phenoxy) is 1. The van der Waals surface area contributed by atoms with Crippen LogP contribution in [0.1, 0.15) is 11.8 Å². The van der Waals surface area contributed by atoms with Crippen molar-refractivity contribution in [2.24, 2.45) is 0 Å². The van der Waals surface area contributed by atoms with E-state index in [0.717, 1.165) is 4.47 Å². The predicted octanol–water partition coefficient (Wildman–Crippen LogP) is 2.81. The zero-order valence-electron chi connectivity index (χ0n) is 13.6. The van der Waals surface area contributed by atoms with Crippen LogP contribution in [0.3, 0.4) is 0 Å². The average molecular weight is 442 g/mol. The average Bonchev–Trinajstić information content (AvgIpc) is 3.07. The van der Waals surface area contributed by atoms with Crippen molar-refractivity contribution in [3.8, 4) is 5.75 Å². The molecule has 3 unspecified atom stereocenters. The smallest absolute Gasteiger partial charge is 0.344 e. The van der Waals surface area contributed by atoms with Gasteiger partial charge < -0.3 is 4.74 Å². The normalized spacial score (nSPS) is 19.5. The van der Waals surface area contributed by atoms with Crippen LogP contribution in [0.2, 0.25) is 0 Å². The standard InChI is InChI=1S/C16H14BrN2O6P/c1-10-8-19(16(21)18-15(10)20)14-7-6-13(24-14)9-23-26(22)25-12-4-2-11(17)3-5-12/h2-8,13-14H,9H2,1H3/p+1. The van der Waals surface area contributed by atoms with Crippen LogP contribution in [-0.4, -0.2) is 22.3 Å². The van der Waals surface area contributed by atoms with Crippen molar-refractivity contribution in [1.29, 1.82) is 0 Å². The summed E-state index contributed by atoms with van der Waals surface area (Å²) in [4.78, 5) is 25.5. The van der Waals surface area contributed by atoms with Crippen molar-refractivity contribution in [1.82, 2.24) is 9.55 Å². The summed E-state index contributed by atoms with van der Waals surface area (Å²) in [6.07, 6.45) is 3.62. The van der Waals surface area contributed by atoms with Crippen LogP contribution in [0.5, 0.6) is 5.75 Å². The summed E-state index contributed by atoms with van der Waals surface area (Å²) in [6, 6.07) is 6.84. The van der Waals surface area contributed by atoms with Crippen LogP contribution in [0.4, 0.5) is 0 Å². The number of H-pyrrole nitrogens is 1. The lowest BCUT2D eigenvalue weighted by atomic mass is 10.3. The molecule has 0 saturated heterocycles. The van der Waals surface area contributed by atoms with Crippen LogP contribution in [0.25, 0.3) is 0 Å². The molecule has 0 saturated carbocycles. The van der Waals surface area contributed by atoms with Gasteiger partial charge in [0.25, 0.3) is 5.56 Å². The predicted molar refractivity (Wildman–Crippen MR) is 97.4 cm³/mol. The van der Waals surface area contributed by atoms with E-state index in [1.54, 1.807) is 43.3 Å². The second-order valence-corrected chi connectivity index (χ2v) is 7.30. The van der Waals surface area contributed by atoms with Crippen LogP contribution in [-0.2, 0) is 13.8 Å². The Hall–Kier alpha value is -2.06. The molecule has 8 nitrogen and oxygen atoms in total. The molecular formula is C16H15BrN2O6P+. The summed E-state index contributed by atoms with van der Waals surface area (Å²) in [5.74, 6) is 0.422. The van der Waals surface area contributed by atoms with E-state index >= 15 is 0 Å². The minimum absolute atomic E-state index is 0.00415. The number of rotatable bonds is 6. The summed E-state index contributed by atoms with van der Waals surface area (Å²) in [5.41, 5.74) is -0.607. The van der Waals surface area contributed by atoms with Crippen LogP contribution in [0, 0.1) is 6.92 Å². The molecular weight excluding hydrogens is 427 g/mol. The summed E-state index contributed by atoms with van der Waals surface area (Å²) >= 11 is 3.30. The second kappa shape index (κ2) is 8.09. The van der Waals surface area contributed by atoms with Crippen LogP contribution in [0.15, 0.2) is 56.7 Å². The van der Waals surface area contributed by atoms with Crippen molar-refractivity contribution in [3.63, 3.8) is 0 Å². The SMILES string of the molecule is Cc1cn(C2C=CC(CO[P+](=O)Oc3ccc(Br)cc3)O2)c(=O)[nH]c1=O. The Morgan fingerprint density at radius 1 is 1.27 bits per heavy atom. The molecule has 1 aliphatic rings. The molecule has 26 heavy (non-hydrogen) atoms. The molecule has 0 amide bonds. The Morgan fingerprint density at radius 3 is 2.73 bits per heavy atom. The number of hydrogen-bond acceptors (Lipinski definition) is 6. The fourth-order valence-corrected chi connectivity index (χ4v) is 3.14. The van der Waals surface area contributed by atoms with Gasteiger partial charge >= 0.3 is 13.9 Å². The topological polar surface area (TPSA) is 99.6 Å². The molecule has 136 valence electrons. The molecule has 1 aliphatic heterocycles. The quantitative estimate of drug-likeness (QED) is 0.546. The van der Waals surface area contributed by atoms with Gasteiger partial charge in [0, 0.05) is 20.8 Å². The first-order valence-corrected chi connectivity index (χ1v) is 9.51. The maximum atomic E-state index is 11.9. The van der Waals surface area contributed by atoms with Gasteiger partial charge in [0.05, 0.1) is 0 Å². The lowest BCUT2D eigenvalue weighted by molar-refractivity contribution is -0.00565. The highest BCUT2D eigenvalue weighted by molar-refractivity contribution is 9.10. The number of halogens is 1. The summed E-state index contributed by atoms with van der Waals surface area (Å²) in [6.45, 7) is 1.59. The van der Waals surface area contributed by atoms with Gasteiger partial charge in [0.2, 0.25) is 0 Å². The van der Waals surface area contributed by atoms with Gasteiger partial charge in [-0.3, -0.25) is 14.3 Å². The Labute approximate surface area is 157 Å². The number of aromatic nitrogens is 2. The van der Waals surface area contributed by atoms with Crippen molar-refractivity contribution < 1.29 is 18.3 Å². The first kappa shape index (κ1) is 18.7. The lowest BCUT2D eigenvalue weighted by Gasteiger charge is -2.14. The molecule has 2 aromatic rings. The Kier molecular flexibility index (Phi) is 5.83. The third-order valence-corrected chi connectivity index (χ3v) is 4.81. The van der Waals surface area contributed by atoms with E-state index in [9.17, 15) is 14.2 Å². The van der Waals surface area contributed by atoms with Gasteiger partial charge in [-0.15, -0.1) is 4.52 Å². The van der Waals surface area contributed by atoms with Gasteiger partial charge in [-0.1, -0.05) is 22.0 Å². The number of aromatic amines is 1. The second-order valence-electron chi connectivity index (χ2n) is 5.49. The number of benzene rings is 1. The maximum Gasteiger partial charge on any atom is 0.750 e. The molecule has 0 aliphatic carbocycles. The van der Waals surface area contributed by atoms with E-state index in [4.69, 9.17) is 13.8 Å². The highest BCUT2D eigenvalue weighted by Gasteiger charge is 2.28. The zero-order valence-corrected chi connectivity index (χ0v) is 16.1. The van der Waals surface area contributed by atoms with Crippen molar-refractivity contribution in [3.05, 3.63) is 73.5 Å². The van der Waals surface area contributed by atoms with E-state index in [2.05, 4.69) is 20.9 Å². The summed E-state index contributed by atoms with van der Waals surface area (Å²) in [7, 11) is -2.36. The Morgan fingerprint density at radius 2 is 2.00 bits per heavy atom. The monoisotopic (exact) mass is 441 g/mol. The van der Waals surface area contributed by atoms with E-state index in [1.165, 1.54) is 10.8 Å². The molecule has 3 atom stereocenters. The third kappa shape index (κ3) is 4.56. The van der Waals surface area contributed by atoms with Gasteiger partial charge in [0.1, 0.15) is 12.7 Å². The van der Waals surface area contributed by atoms with Gasteiger partial charge in [-0.05, 0) is 37.3 Å². The van der Waals surface area contributed by atoms with E-state index in [-0.39, 0.29) is 6.61 Å². The first-order chi connectivity index (χ1) is 12.4. The van der Waals surface area contributed by atoms with Crippen LogP contribution >= 0.6 is 24.2 Å². The highest BCUT2D eigenvalue weighted by atomic mass is 79.9. The lowest BCUT2D eigenvalue weighted by Crippen LogP contribution is -2.33. The minimum atomic E-state index is -2.36. The number of nitrogens with one attached hydrogen (secondary N) is 1. The van der Waals surface area contributed by atoms with Crippen LogP contribution < -0.4 is 15.8 Å². The number of hydrogen-bond donors (Lipinski definition) is 1. The Bertz CT molecular complexity index is 952.